The van der Waals surface area contributed by atoms with E-state index in [2.05, 4.69) is 5.32 Å². The van der Waals surface area contributed by atoms with Gasteiger partial charge in [0.1, 0.15) is 18.2 Å². The Labute approximate surface area is 149 Å². The van der Waals surface area contributed by atoms with Gasteiger partial charge in [-0.15, -0.1) is 12.4 Å². The van der Waals surface area contributed by atoms with Gasteiger partial charge in [-0.05, 0) is 49.4 Å². The lowest BCUT2D eigenvalue weighted by molar-refractivity contribution is -0.132. The fourth-order valence-corrected chi connectivity index (χ4v) is 3.72. The second-order valence-electron chi connectivity index (χ2n) is 6.67. The van der Waals surface area contributed by atoms with Crippen LogP contribution in [0.25, 0.3) is 0 Å². The summed E-state index contributed by atoms with van der Waals surface area (Å²) in [5.74, 6) is 1.17. The van der Waals surface area contributed by atoms with E-state index in [-0.39, 0.29) is 30.2 Å². The molecule has 0 radical (unpaired) electrons. The number of likely N-dealkylation sites (N-methyl/N-ethyl adjacent to an activating group) is 1. The molecule has 1 heterocycles. The standard InChI is InChI=1S/C18H25FN2O2.ClH/c1-21(10-11-23-15-8-6-14(19)7-9-15)18(22)17-12-13-4-2-3-5-16(13)20-17;/h6-9,13,16-17,20H,2-5,10-12H2,1H3;1H. The van der Waals surface area contributed by atoms with E-state index in [1.807, 2.05) is 7.05 Å². The first-order valence-electron chi connectivity index (χ1n) is 8.53. The maximum Gasteiger partial charge on any atom is 0.239 e. The van der Waals surface area contributed by atoms with Gasteiger partial charge >= 0.3 is 0 Å². The molecule has 24 heavy (non-hydrogen) atoms. The number of ether oxygens (including phenoxy) is 1. The van der Waals surface area contributed by atoms with Gasteiger partial charge in [0.05, 0.1) is 12.6 Å². The van der Waals surface area contributed by atoms with Crippen molar-refractivity contribution >= 4 is 18.3 Å². The quantitative estimate of drug-likeness (QED) is 0.881. The molecule has 3 rings (SSSR count). The van der Waals surface area contributed by atoms with Crippen molar-refractivity contribution in [1.29, 1.82) is 0 Å². The van der Waals surface area contributed by atoms with Crippen LogP contribution in [0.1, 0.15) is 32.1 Å². The summed E-state index contributed by atoms with van der Waals surface area (Å²) in [5, 5.41) is 3.51. The molecule has 2 fully saturated rings. The van der Waals surface area contributed by atoms with Crippen molar-refractivity contribution in [2.24, 2.45) is 5.92 Å². The third kappa shape index (κ3) is 4.61. The molecule has 4 nitrogen and oxygen atoms in total. The fourth-order valence-electron chi connectivity index (χ4n) is 3.72. The molecular formula is C18H26ClFN2O2. The number of carbonyl (C=O) groups is 1. The van der Waals surface area contributed by atoms with Crippen LogP contribution in [-0.2, 0) is 4.79 Å². The number of carbonyl (C=O) groups excluding carboxylic acids is 1. The Morgan fingerprint density at radius 3 is 2.71 bits per heavy atom. The number of benzene rings is 1. The van der Waals surface area contributed by atoms with Crippen molar-refractivity contribution in [2.45, 2.75) is 44.2 Å². The van der Waals surface area contributed by atoms with Crippen LogP contribution in [0.4, 0.5) is 4.39 Å². The maximum atomic E-state index is 12.8. The van der Waals surface area contributed by atoms with Crippen LogP contribution in [0.2, 0.25) is 0 Å². The SMILES string of the molecule is CN(CCOc1ccc(F)cc1)C(=O)C1CC2CCCCC2N1.Cl. The molecule has 1 aromatic carbocycles. The Hall–Kier alpha value is -1.33. The lowest BCUT2D eigenvalue weighted by Crippen LogP contribution is -2.45. The molecule has 1 aliphatic heterocycles. The van der Waals surface area contributed by atoms with E-state index in [9.17, 15) is 9.18 Å². The number of halogens is 2. The number of nitrogens with one attached hydrogen (secondary N) is 1. The second-order valence-corrected chi connectivity index (χ2v) is 6.67. The van der Waals surface area contributed by atoms with Crippen molar-refractivity contribution in [3.63, 3.8) is 0 Å². The van der Waals surface area contributed by atoms with E-state index in [4.69, 9.17) is 4.74 Å². The molecule has 2 aliphatic rings. The van der Waals surface area contributed by atoms with Crippen molar-refractivity contribution in [3.05, 3.63) is 30.1 Å². The first-order valence-corrected chi connectivity index (χ1v) is 8.53. The Balaban J connectivity index is 0.00000208. The van der Waals surface area contributed by atoms with E-state index < -0.39 is 0 Å². The lowest BCUT2D eigenvalue weighted by atomic mass is 9.85. The van der Waals surface area contributed by atoms with E-state index in [0.29, 0.717) is 30.9 Å². The molecule has 6 heteroatoms. The molecule has 1 aromatic rings. The summed E-state index contributed by atoms with van der Waals surface area (Å²) in [6.45, 7) is 0.942. The summed E-state index contributed by atoms with van der Waals surface area (Å²) in [6, 6.07) is 6.42. The van der Waals surface area contributed by atoms with Crippen LogP contribution in [-0.4, -0.2) is 43.1 Å². The second kappa shape index (κ2) is 8.67. The summed E-state index contributed by atoms with van der Waals surface area (Å²) in [7, 11) is 1.82. The van der Waals surface area contributed by atoms with Crippen LogP contribution < -0.4 is 10.1 Å². The van der Waals surface area contributed by atoms with Crippen LogP contribution in [0, 0.1) is 11.7 Å². The number of fused-ring (bicyclic) bond motifs is 1. The Morgan fingerprint density at radius 1 is 1.29 bits per heavy atom. The highest BCUT2D eigenvalue weighted by Gasteiger charge is 2.38. The maximum absolute atomic E-state index is 12.8. The molecule has 1 saturated heterocycles. The number of rotatable bonds is 5. The van der Waals surface area contributed by atoms with Gasteiger partial charge in [0.2, 0.25) is 5.91 Å². The van der Waals surface area contributed by atoms with Crippen LogP contribution >= 0.6 is 12.4 Å². The van der Waals surface area contributed by atoms with E-state index in [1.54, 1.807) is 17.0 Å². The topological polar surface area (TPSA) is 41.6 Å². The lowest BCUT2D eigenvalue weighted by Gasteiger charge is -2.24. The fraction of sp³-hybridized carbons (Fsp3) is 0.611. The normalized spacial score (nSPS) is 25.5. The van der Waals surface area contributed by atoms with E-state index >= 15 is 0 Å². The van der Waals surface area contributed by atoms with E-state index in [1.165, 1.54) is 37.8 Å². The third-order valence-corrected chi connectivity index (χ3v) is 5.05. The molecule has 0 spiro atoms. The van der Waals surface area contributed by atoms with Gasteiger partial charge in [-0.1, -0.05) is 12.8 Å². The molecule has 0 aromatic heterocycles. The number of nitrogens with zero attached hydrogens (tertiary/aromatic N) is 1. The summed E-state index contributed by atoms with van der Waals surface area (Å²) >= 11 is 0. The average molecular weight is 357 g/mol. The summed E-state index contributed by atoms with van der Waals surface area (Å²) in [4.78, 5) is 14.3. The number of amides is 1. The Morgan fingerprint density at radius 2 is 2.00 bits per heavy atom. The van der Waals surface area contributed by atoms with Gasteiger partial charge in [0, 0.05) is 13.1 Å². The predicted octanol–water partition coefficient (Wildman–Crippen LogP) is 3.01. The first kappa shape index (κ1) is 19.0. The Bertz CT molecular complexity index is 526. The first-order chi connectivity index (χ1) is 11.1. The molecule has 1 N–H and O–H groups in total. The highest BCUT2D eigenvalue weighted by atomic mass is 35.5. The van der Waals surface area contributed by atoms with Crippen LogP contribution in [0.3, 0.4) is 0 Å². The summed E-state index contributed by atoms with van der Waals surface area (Å²) < 4.78 is 18.4. The molecule has 1 saturated carbocycles. The molecule has 3 unspecified atom stereocenters. The minimum absolute atomic E-state index is 0. The minimum Gasteiger partial charge on any atom is -0.492 e. The van der Waals surface area contributed by atoms with Crippen molar-refractivity contribution in [3.8, 4) is 5.75 Å². The number of hydrogen-bond donors (Lipinski definition) is 1. The van der Waals surface area contributed by atoms with Crippen LogP contribution in [0.15, 0.2) is 24.3 Å². The molecule has 3 atom stereocenters. The van der Waals surface area contributed by atoms with Crippen molar-refractivity contribution in [1.82, 2.24) is 10.2 Å². The predicted molar refractivity (Wildman–Crippen MR) is 94.1 cm³/mol. The largest absolute Gasteiger partial charge is 0.492 e. The van der Waals surface area contributed by atoms with Crippen molar-refractivity contribution in [2.75, 3.05) is 20.2 Å². The van der Waals surface area contributed by atoms with Gasteiger partial charge in [-0.25, -0.2) is 4.39 Å². The Kier molecular flexibility index (Phi) is 6.87. The third-order valence-electron chi connectivity index (χ3n) is 5.05. The smallest absolute Gasteiger partial charge is 0.239 e. The zero-order chi connectivity index (χ0) is 16.2. The number of hydrogen-bond acceptors (Lipinski definition) is 3. The average Bonchev–Trinajstić information content (AvgIpc) is 3.00. The molecule has 1 amide bonds. The monoisotopic (exact) mass is 356 g/mol. The van der Waals surface area contributed by atoms with E-state index in [0.717, 1.165) is 6.42 Å². The molecule has 134 valence electrons. The zero-order valence-electron chi connectivity index (χ0n) is 14.0. The molecule has 0 bridgehead atoms. The van der Waals surface area contributed by atoms with Gasteiger partial charge in [-0.2, -0.15) is 0 Å². The molecular weight excluding hydrogens is 331 g/mol. The van der Waals surface area contributed by atoms with Gasteiger partial charge in [0.15, 0.2) is 0 Å². The summed E-state index contributed by atoms with van der Waals surface area (Å²) in [6.07, 6.45) is 5.98. The minimum atomic E-state index is -0.279. The highest BCUT2D eigenvalue weighted by Crippen LogP contribution is 2.33. The van der Waals surface area contributed by atoms with Gasteiger partial charge in [-0.3, -0.25) is 4.79 Å². The van der Waals surface area contributed by atoms with Gasteiger partial charge in [0.25, 0.3) is 0 Å². The van der Waals surface area contributed by atoms with Crippen LogP contribution in [0.5, 0.6) is 5.75 Å². The van der Waals surface area contributed by atoms with Gasteiger partial charge < -0.3 is 15.0 Å². The highest BCUT2D eigenvalue weighted by molar-refractivity contribution is 5.85. The summed E-state index contributed by atoms with van der Waals surface area (Å²) in [5.41, 5.74) is 0. The molecule has 1 aliphatic carbocycles. The zero-order valence-corrected chi connectivity index (χ0v) is 14.9. The van der Waals surface area contributed by atoms with Crippen molar-refractivity contribution < 1.29 is 13.9 Å².